The second-order valence-corrected chi connectivity index (χ2v) is 1.34. The monoisotopic (exact) mass is 290 g/mol. The van der Waals surface area contributed by atoms with E-state index in [1.807, 2.05) is 0 Å². The number of rotatable bonds is 0. The van der Waals surface area contributed by atoms with Crippen LogP contribution in [0.1, 0.15) is 0 Å². The fourth-order valence-electron chi connectivity index (χ4n) is 0. The van der Waals surface area contributed by atoms with Gasteiger partial charge in [-0.05, 0) is 0 Å². The van der Waals surface area contributed by atoms with Crippen LogP contribution >= 0.6 is 7.82 Å². The fourth-order valence-corrected chi connectivity index (χ4v) is 0. The molecule has 0 fully saturated rings. The molecule has 10 heteroatoms. The van der Waals surface area contributed by atoms with E-state index in [4.69, 9.17) is 19.2 Å². The predicted molar refractivity (Wildman–Crippen MR) is 30.6 cm³/mol. The van der Waals surface area contributed by atoms with Gasteiger partial charge in [0.25, 0.3) is 0 Å². The summed E-state index contributed by atoms with van der Waals surface area (Å²) in [5.41, 5.74) is 0. The predicted octanol–water partition coefficient (Wildman–Crippen LogP) is -7.34. The van der Waals surface area contributed by atoms with Crippen molar-refractivity contribution in [3.05, 3.63) is 0 Å². The Morgan fingerprint density at radius 1 is 0.800 bits per heavy atom. The van der Waals surface area contributed by atoms with E-state index in [-0.39, 0.29) is 163 Å². The Hall–Kier alpha value is 5.44. The second-order valence-electron chi connectivity index (χ2n) is 0.447. The summed E-state index contributed by atoms with van der Waals surface area (Å²) in [7, 11) is -5.39. The van der Waals surface area contributed by atoms with E-state index >= 15 is 0 Å². The molecule has 0 N–H and O–H groups in total. The van der Waals surface area contributed by atoms with Gasteiger partial charge < -0.3 is 31.7 Å². The van der Waals surface area contributed by atoms with Gasteiger partial charge in [-0.3, -0.25) is 0 Å². The first-order chi connectivity index (χ1) is 2.00. The average molecular weight is 291 g/mol. The molecule has 0 unspecified atom stereocenters. The molecule has 0 heterocycles. The van der Waals surface area contributed by atoms with Crippen molar-refractivity contribution in [1.82, 2.24) is 0 Å². The van der Waals surface area contributed by atoms with Crippen LogP contribution in [0.3, 0.4) is 0 Å². The van der Waals surface area contributed by atoms with Crippen LogP contribution < -0.4 is 27.1 Å². The largest absolute Gasteiger partial charge is 2.00 e. The first-order valence-corrected chi connectivity index (χ1v) is 2.19. The Balaban J connectivity index is -0.00000000800. The summed E-state index contributed by atoms with van der Waals surface area (Å²) in [4.78, 5) is 25.6. The van der Waals surface area contributed by atoms with E-state index in [1.54, 1.807) is 0 Å². The van der Waals surface area contributed by atoms with Crippen LogP contribution in [-0.2, 0) is 4.57 Å². The molecule has 0 atom stereocenters. The molecule has 0 saturated carbocycles. The molecule has 0 rings (SSSR count). The summed E-state index contributed by atoms with van der Waals surface area (Å²) in [6, 6.07) is 0. The van der Waals surface area contributed by atoms with Gasteiger partial charge in [0.15, 0.2) is 0 Å². The molecule has 0 bridgehead atoms. The molecule has 0 aliphatic carbocycles. The SMILES string of the molecule is O=P([O-])([O-])[O-].[Ca+2].[Ca+2].[Ca+2].[Ca+2].[Cl-]. The molecule has 0 aliphatic heterocycles. The Morgan fingerprint density at radius 2 is 0.800 bits per heavy atom. The van der Waals surface area contributed by atoms with E-state index in [9.17, 15) is 0 Å². The van der Waals surface area contributed by atoms with Crippen molar-refractivity contribution in [3.8, 4) is 0 Å². The third-order valence-corrected chi connectivity index (χ3v) is 0. The average Bonchev–Trinajstić information content (AvgIpc) is 0.722. The number of hydrogen-bond donors (Lipinski definition) is 0. The van der Waals surface area contributed by atoms with E-state index in [1.165, 1.54) is 0 Å². The number of hydrogen-bond acceptors (Lipinski definition) is 4. The molecule has 0 aromatic heterocycles. The van der Waals surface area contributed by atoms with E-state index < -0.39 is 7.82 Å². The molecule has 0 amide bonds. The maximum absolute atomic E-state index is 8.55. The molecule has 10 heavy (non-hydrogen) atoms. The smallest absolute Gasteiger partial charge is 1.00 e. The van der Waals surface area contributed by atoms with Crippen molar-refractivity contribution in [3.63, 3.8) is 0 Å². The molecule has 40 valence electrons. The van der Waals surface area contributed by atoms with E-state index in [0.717, 1.165) is 0 Å². The minimum absolute atomic E-state index is 0. The van der Waals surface area contributed by atoms with Crippen molar-refractivity contribution in [2.75, 3.05) is 0 Å². The molecule has 0 aliphatic rings. The molecule has 0 aromatic rings. The topological polar surface area (TPSA) is 86.2 Å². The summed E-state index contributed by atoms with van der Waals surface area (Å²) < 4.78 is 8.55. The van der Waals surface area contributed by atoms with E-state index in [2.05, 4.69) is 0 Å². The number of halogens is 1. The molecule has 0 saturated heterocycles. The van der Waals surface area contributed by atoms with Crippen molar-refractivity contribution in [2.24, 2.45) is 0 Å². The van der Waals surface area contributed by atoms with Crippen LogP contribution in [0.4, 0.5) is 0 Å². The van der Waals surface area contributed by atoms with Gasteiger partial charge in [-0.25, -0.2) is 0 Å². The summed E-state index contributed by atoms with van der Waals surface area (Å²) in [5.74, 6) is 0. The maximum atomic E-state index is 8.55. The summed E-state index contributed by atoms with van der Waals surface area (Å²) in [6.07, 6.45) is 0. The first-order valence-electron chi connectivity index (χ1n) is 0.730. The zero-order valence-corrected chi connectivity index (χ0v) is 15.8. The molecular weight excluding hydrogens is 291 g/mol. The van der Waals surface area contributed by atoms with Gasteiger partial charge in [0.2, 0.25) is 0 Å². The molecule has 4 nitrogen and oxygen atoms in total. The minimum atomic E-state index is -5.39. The van der Waals surface area contributed by atoms with Gasteiger partial charge >= 0.3 is 151 Å². The van der Waals surface area contributed by atoms with Crippen LogP contribution in [-0.4, -0.2) is 151 Å². The minimum Gasteiger partial charge on any atom is -1.00 e. The van der Waals surface area contributed by atoms with Crippen molar-refractivity contribution in [1.29, 1.82) is 0 Å². The van der Waals surface area contributed by atoms with Crippen molar-refractivity contribution in [2.45, 2.75) is 0 Å². The number of phosphoric acid groups is 1. The third-order valence-electron chi connectivity index (χ3n) is 0. The summed E-state index contributed by atoms with van der Waals surface area (Å²) >= 11 is 0. The van der Waals surface area contributed by atoms with Crippen LogP contribution in [0, 0.1) is 0 Å². The fraction of sp³-hybridized carbons (Fsp3) is 0. The Bertz CT molecular complexity index is 63.4. The van der Waals surface area contributed by atoms with Crippen LogP contribution in [0.5, 0.6) is 0 Å². The zero-order valence-electron chi connectivity index (χ0n) is 5.29. The van der Waals surface area contributed by atoms with Crippen molar-refractivity contribution < 1.29 is 31.7 Å². The van der Waals surface area contributed by atoms with Gasteiger partial charge in [-0.2, -0.15) is 7.82 Å². The normalized spacial score (nSPS) is 5.90. The maximum Gasteiger partial charge on any atom is 2.00 e. The van der Waals surface area contributed by atoms with E-state index in [0.29, 0.717) is 0 Å². The first kappa shape index (κ1) is 36.1. The standard InChI is InChI=1S/4Ca.ClH.H3O4P/c;;;;;1-5(2,3)4/h;;;;1H;(H3,1,2,3,4)/q4*+2;;/p-4. The van der Waals surface area contributed by atoms with Gasteiger partial charge in [0.05, 0.1) is 0 Å². The Labute approximate surface area is 185 Å². The summed E-state index contributed by atoms with van der Waals surface area (Å²) in [5, 5.41) is 0. The Kier molecular flexibility index (Phi) is 72.0. The molecule has 0 spiro atoms. The van der Waals surface area contributed by atoms with Gasteiger partial charge in [-0.15, -0.1) is 0 Å². The summed E-state index contributed by atoms with van der Waals surface area (Å²) in [6.45, 7) is 0. The third kappa shape index (κ3) is 70.3. The Morgan fingerprint density at radius 3 is 0.800 bits per heavy atom. The molecule has 0 radical (unpaired) electrons. The van der Waals surface area contributed by atoms with Crippen LogP contribution in [0.2, 0.25) is 0 Å². The second kappa shape index (κ2) is 19.9. The van der Waals surface area contributed by atoms with Crippen molar-refractivity contribution >= 4 is 159 Å². The quantitative estimate of drug-likeness (QED) is 0.328. The molecule has 0 aromatic carbocycles. The van der Waals surface area contributed by atoms with Crippen LogP contribution in [0.25, 0.3) is 0 Å². The molecular formula is Ca4ClO4P+4. The van der Waals surface area contributed by atoms with Gasteiger partial charge in [0, 0.05) is 0 Å². The van der Waals surface area contributed by atoms with Crippen LogP contribution in [0.15, 0.2) is 0 Å². The zero-order chi connectivity index (χ0) is 4.50. The van der Waals surface area contributed by atoms with Gasteiger partial charge in [-0.1, -0.05) is 0 Å². The van der Waals surface area contributed by atoms with Gasteiger partial charge in [0.1, 0.15) is 0 Å².